The van der Waals surface area contributed by atoms with Crippen molar-refractivity contribution in [1.82, 2.24) is 20.4 Å². The molecule has 2 aromatic rings. The van der Waals surface area contributed by atoms with Gasteiger partial charge in [0.05, 0.1) is 11.1 Å². The summed E-state index contributed by atoms with van der Waals surface area (Å²) in [4.78, 5) is 26.3. The smallest absolute Gasteiger partial charge is 0.272 e. The van der Waals surface area contributed by atoms with E-state index in [1.807, 2.05) is 23.1 Å². The number of nitrogens with zero attached hydrogens (tertiary/aromatic N) is 2. The number of aromatic nitrogens is 2. The van der Waals surface area contributed by atoms with Gasteiger partial charge >= 0.3 is 0 Å². The zero-order valence-electron chi connectivity index (χ0n) is 14.0. The highest BCUT2D eigenvalue weighted by atomic mass is 35.5. The first-order valence-electron chi connectivity index (χ1n) is 8.71. The molecule has 0 saturated carbocycles. The molecule has 0 radical (unpaired) electrons. The van der Waals surface area contributed by atoms with E-state index in [-0.39, 0.29) is 23.9 Å². The molecule has 3 heterocycles. The number of hydrogen-bond donors (Lipinski definition) is 2. The molecule has 4 rings (SSSR count). The Bertz CT molecular complexity index is 810. The van der Waals surface area contributed by atoms with Crippen LogP contribution < -0.4 is 10.9 Å². The second kappa shape index (κ2) is 7.54. The minimum atomic E-state index is -0.165. The number of hydrogen-bond acceptors (Lipinski definition) is 4. The molecule has 2 unspecified atom stereocenters. The van der Waals surface area contributed by atoms with Gasteiger partial charge in [-0.25, -0.2) is 5.10 Å². The van der Waals surface area contributed by atoms with Crippen LogP contribution in [0.2, 0.25) is 0 Å². The molecule has 7 heteroatoms. The number of fused-ring (bicyclic) bond motifs is 3. The van der Waals surface area contributed by atoms with Crippen LogP contribution in [0.5, 0.6) is 0 Å². The summed E-state index contributed by atoms with van der Waals surface area (Å²) in [5.74, 6) is 0.238. The summed E-state index contributed by atoms with van der Waals surface area (Å²) in [5, 5.41) is 11.8. The SMILES string of the molecule is Cl.O=C(CCCc1n[nH]c(=O)c2ccccc12)N1CC2CCC(C1)N2. The number of aromatic amines is 1. The lowest BCUT2D eigenvalue weighted by atomic mass is 10.1. The maximum Gasteiger partial charge on any atom is 0.272 e. The van der Waals surface area contributed by atoms with E-state index in [9.17, 15) is 9.59 Å². The highest BCUT2D eigenvalue weighted by Crippen LogP contribution is 2.21. The van der Waals surface area contributed by atoms with Crippen LogP contribution in [0.3, 0.4) is 0 Å². The number of H-pyrrole nitrogens is 1. The van der Waals surface area contributed by atoms with Gasteiger partial charge in [-0.15, -0.1) is 12.4 Å². The minimum absolute atomic E-state index is 0. The van der Waals surface area contributed by atoms with Crippen molar-refractivity contribution in [2.45, 2.75) is 44.2 Å². The van der Waals surface area contributed by atoms with E-state index in [4.69, 9.17) is 0 Å². The van der Waals surface area contributed by atoms with E-state index in [1.54, 1.807) is 6.07 Å². The van der Waals surface area contributed by atoms with Crippen molar-refractivity contribution in [3.05, 3.63) is 40.3 Å². The van der Waals surface area contributed by atoms with E-state index in [0.29, 0.717) is 30.3 Å². The van der Waals surface area contributed by atoms with Gasteiger partial charge in [0.25, 0.3) is 5.56 Å². The Morgan fingerprint density at radius 1 is 1.16 bits per heavy atom. The van der Waals surface area contributed by atoms with Crippen LogP contribution in [0.1, 0.15) is 31.4 Å². The molecule has 6 nitrogen and oxygen atoms in total. The number of likely N-dealkylation sites (tertiary alicyclic amines) is 1. The van der Waals surface area contributed by atoms with E-state index in [0.717, 1.165) is 30.6 Å². The fourth-order valence-corrected chi connectivity index (χ4v) is 3.93. The van der Waals surface area contributed by atoms with Crippen molar-refractivity contribution in [1.29, 1.82) is 0 Å². The first kappa shape index (κ1) is 17.9. The molecular weight excluding hydrogens is 340 g/mol. The van der Waals surface area contributed by atoms with Crippen molar-refractivity contribution in [3.8, 4) is 0 Å². The topological polar surface area (TPSA) is 78.1 Å². The monoisotopic (exact) mass is 362 g/mol. The van der Waals surface area contributed by atoms with E-state index < -0.39 is 0 Å². The quantitative estimate of drug-likeness (QED) is 0.866. The van der Waals surface area contributed by atoms with Crippen LogP contribution in [0.25, 0.3) is 10.8 Å². The Balaban J connectivity index is 0.00000182. The molecule has 1 aromatic carbocycles. The Hall–Kier alpha value is -1.92. The molecule has 2 aliphatic heterocycles. The number of benzene rings is 1. The van der Waals surface area contributed by atoms with Crippen LogP contribution in [0, 0.1) is 0 Å². The van der Waals surface area contributed by atoms with Crippen molar-refractivity contribution in [2.75, 3.05) is 13.1 Å². The first-order chi connectivity index (χ1) is 11.7. The number of piperazine rings is 1. The summed E-state index contributed by atoms with van der Waals surface area (Å²) in [6.07, 6.45) is 4.35. The van der Waals surface area contributed by atoms with Gasteiger partial charge in [-0.2, -0.15) is 5.10 Å². The minimum Gasteiger partial charge on any atom is -0.340 e. The van der Waals surface area contributed by atoms with Gasteiger partial charge in [0.15, 0.2) is 0 Å². The first-order valence-corrected chi connectivity index (χ1v) is 8.71. The fourth-order valence-electron chi connectivity index (χ4n) is 3.93. The summed E-state index contributed by atoms with van der Waals surface area (Å²) < 4.78 is 0. The number of rotatable bonds is 4. The Morgan fingerprint density at radius 2 is 1.84 bits per heavy atom. The molecule has 2 bridgehead atoms. The predicted octanol–water partition coefficient (Wildman–Crippen LogP) is 1.63. The highest BCUT2D eigenvalue weighted by Gasteiger charge is 2.33. The number of amides is 1. The molecule has 2 aliphatic rings. The molecule has 1 amide bonds. The molecular formula is C18H23ClN4O2. The largest absolute Gasteiger partial charge is 0.340 e. The zero-order valence-corrected chi connectivity index (χ0v) is 14.8. The maximum atomic E-state index is 12.4. The van der Waals surface area contributed by atoms with Gasteiger partial charge in [-0.3, -0.25) is 9.59 Å². The van der Waals surface area contributed by atoms with Crippen molar-refractivity contribution >= 4 is 29.1 Å². The Kier molecular flexibility index (Phi) is 5.39. The molecule has 134 valence electrons. The van der Waals surface area contributed by atoms with Crippen LogP contribution >= 0.6 is 12.4 Å². The maximum absolute atomic E-state index is 12.4. The lowest BCUT2D eigenvalue weighted by Gasteiger charge is -2.33. The second-order valence-electron chi connectivity index (χ2n) is 6.84. The van der Waals surface area contributed by atoms with Gasteiger partial charge in [-0.1, -0.05) is 18.2 Å². The van der Waals surface area contributed by atoms with Gasteiger partial charge in [0, 0.05) is 37.0 Å². The van der Waals surface area contributed by atoms with E-state index in [1.165, 1.54) is 12.8 Å². The number of halogens is 1. The highest BCUT2D eigenvalue weighted by molar-refractivity contribution is 5.85. The Labute approximate surface area is 152 Å². The molecule has 0 spiro atoms. The number of nitrogens with one attached hydrogen (secondary N) is 2. The lowest BCUT2D eigenvalue weighted by molar-refractivity contribution is -0.132. The van der Waals surface area contributed by atoms with Crippen molar-refractivity contribution in [3.63, 3.8) is 0 Å². The number of aryl methyl sites for hydroxylation is 1. The van der Waals surface area contributed by atoms with Gasteiger partial charge in [0.1, 0.15) is 0 Å². The number of carbonyl (C=O) groups excluding carboxylic acids is 1. The number of carbonyl (C=O) groups is 1. The third kappa shape index (κ3) is 3.70. The molecule has 2 saturated heterocycles. The molecule has 25 heavy (non-hydrogen) atoms. The average Bonchev–Trinajstić information content (AvgIpc) is 2.95. The van der Waals surface area contributed by atoms with E-state index in [2.05, 4.69) is 15.5 Å². The summed E-state index contributed by atoms with van der Waals surface area (Å²) in [5.41, 5.74) is 0.695. The second-order valence-corrected chi connectivity index (χ2v) is 6.84. The standard InChI is InChI=1S/C18H22N4O2.ClH/c23-17(22-10-12-8-9-13(11-22)19-12)7-3-6-16-14-4-1-2-5-15(14)18(24)21-20-16;/h1-2,4-5,12-13,19H,3,6-11H2,(H,21,24);1H. The predicted molar refractivity (Wildman–Crippen MR) is 99.1 cm³/mol. The summed E-state index contributed by atoms with van der Waals surface area (Å²) >= 11 is 0. The normalized spacial score (nSPS) is 22.0. The molecule has 2 N–H and O–H groups in total. The van der Waals surface area contributed by atoms with Crippen LogP contribution in [0.4, 0.5) is 0 Å². The van der Waals surface area contributed by atoms with E-state index >= 15 is 0 Å². The van der Waals surface area contributed by atoms with Gasteiger partial charge in [-0.05, 0) is 31.7 Å². The lowest BCUT2D eigenvalue weighted by Crippen LogP contribution is -2.53. The Morgan fingerprint density at radius 3 is 2.56 bits per heavy atom. The molecule has 2 fully saturated rings. The summed E-state index contributed by atoms with van der Waals surface area (Å²) in [6.45, 7) is 1.68. The molecule has 1 aromatic heterocycles. The third-order valence-corrected chi connectivity index (χ3v) is 5.15. The summed E-state index contributed by atoms with van der Waals surface area (Å²) in [6, 6.07) is 8.46. The third-order valence-electron chi connectivity index (χ3n) is 5.15. The van der Waals surface area contributed by atoms with Crippen molar-refractivity contribution in [2.24, 2.45) is 0 Å². The van der Waals surface area contributed by atoms with Crippen molar-refractivity contribution < 1.29 is 4.79 Å². The average molecular weight is 363 g/mol. The van der Waals surface area contributed by atoms with Crippen LogP contribution in [-0.4, -0.2) is 46.2 Å². The van der Waals surface area contributed by atoms with Crippen LogP contribution in [0.15, 0.2) is 29.1 Å². The molecule has 2 atom stereocenters. The fraction of sp³-hybridized carbons (Fsp3) is 0.500. The van der Waals surface area contributed by atoms with Gasteiger partial charge < -0.3 is 10.2 Å². The summed E-state index contributed by atoms with van der Waals surface area (Å²) in [7, 11) is 0. The van der Waals surface area contributed by atoms with Gasteiger partial charge in [0.2, 0.25) is 5.91 Å². The zero-order chi connectivity index (χ0) is 16.5. The molecule has 0 aliphatic carbocycles. The van der Waals surface area contributed by atoms with Crippen LogP contribution in [-0.2, 0) is 11.2 Å².